The van der Waals surface area contributed by atoms with Gasteiger partial charge in [-0.1, -0.05) is 11.8 Å². The highest BCUT2D eigenvalue weighted by Crippen LogP contribution is 2.27. The van der Waals surface area contributed by atoms with Gasteiger partial charge in [0.2, 0.25) is 5.16 Å². The fourth-order valence-corrected chi connectivity index (χ4v) is 3.66. The molecule has 0 aliphatic rings. The van der Waals surface area contributed by atoms with Crippen molar-refractivity contribution in [1.29, 1.82) is 0 Å². The van der Waals surface area contributed by atoms with E-state index in [1.165, 1.54) is 18.7 Å². The van der Waals surface area contributed by atoms with E-state index in [1.807, 2.05) is 12.1 Å². The predicted octanol–water partition coefficient (Wildman–Crippen LogP) is 3.38. The second kappa shape index (κ2) is 7.25. The number of pyridine rings is 1. The largest absolute Gasteiger partial charge is 0.355 e. The Morgan fingerprint density at radius 1 is 1.19 bits per heavy atom. The Balaban J connectivity index is 1.78. The third-order valence-electron chi connectivity index (χ3n) is 4.11. The van der Waals surface area contributed by atoms with E-state index in [0.29, 0.717) is 33.5 Å². The van der Waals surface area contributed by atoms with Gasteiger partial charge in [-0.05, 0) is 45.4 Å². The summed E-state index contributed by atoms with van der Waals surface area (Å²) < 4.78 is 0. The number of carbonyl (C=O) groups excluding carboxylic acids is 2. The number of H-pyrrole nitrogens is 2. The maximum absolute atomic E-state index is 12.8. The van der Waals surface area contributed by atoms with Crippen LogP contribution in [0, 0.1) is 13.8 Å². The molecule has 0 aliphatic heterocycles. The minimum absolute atomic E-state index is 0.0495. The minimum Gasteiger partial charge on any atom is -0.355 e. The number of hydrogen-bond acceptors (Lipinski definition) is 6. The molecule has 3 aromatic heterocycles. The number of ketones is 2. The van der Waals surface area contributed by atoms with E-state index in [4.69, 9.17) is 0 Å². The topological polar surface area (TPSA) is 104 Å². The van der Waals surface area contributed by atoms with Gasteiger partial charge in [0.15, 0.2) is 17.4 Å². The fourth-order valence-electron chi connectivity index (χ4n) is 2.88. The molecule has 0 bridgehead atoms. The number of aromatic amines is 2. The first-order valence-electron chi connectivity index (χ1n) is 8.12. The van der Waals surface area contributed by atoms with Crippen molar-refractivity contribution < 1.29 is 9.59 Å². The first-order chi connectivity index (χ1) is 12.4. The van der Waals surface area contributed by atoms with Gasteiger partial charge in [-0.2, -0.15) is 0 Å². The average Bonchev–Trinajstić information content (AvgIpc) is 3.19. The normalized spacial score (nSPS) is 12.2. The standard InChI is InChI=1S/C18H19N5O2S/c1-9-14(11(3)24)10(2)20-15(9)16(25)12(4)26-18-21-17(22-23-18)13-5-7-19-8-6-13/h5-8,12,20H,1-4H3,(H,21,22,23)/t12-/m0/s1. The van der Waals surface area contributed by atoms with E-state index in [0.717, 1.165) is 5.56 Å². The molecule has 0 saturated carbocycles. The van der Waals surface area contributed by atoms with Gasteiger partial charge in [0.05, 0.1) is 10.9 Å². The molecule has 0 saturated heterocycles. The van der Waals surface area contributed by atoms with Gasteiger partial charge in [-0.15, -0.1) is 5.10 Å². The lowest BCUT2D eigenvalue weighted by Crippen LogP contribution is -2.15. The molecule has 1 atom stereocenters. The van der Waals surface area contributed by atoms with Crippen LogP contribution in [0.25, 0.3) is 11.4 Å². The molecule has 8 heteroatoms. The number of Topliss-reactive ketones (excluding diaryl/α,β-unsaturated/α-hetero) is 2. The number of aromatic nitrogens is 5. The maximum Gasteiger partial charge on any atom is 0.209 e. The molecule has 0 amide bonds. The number of nitrogens with one attached hydrogen (secondary N) is 2. The number of nitrogens with zero attached hydrogens (tertiary/aromatic N) is 3. The first-order valence-corrected chi connectivity index (χ1v) is 9.00. The Morgan fingerprint density at radius 3 is 2.50 bits per heavy atom. The van der Waals surface area contributed by atoms with Crippen molar-refractivity contribution in [3.8, 4) is 11.4 Å². The lowest BCUT2D eigenvalue weighted by molar-refractivity contribution is 0.0988. The van der Waals surface area contributed by atoms with E-state index in [1.54, 1.807) is 33.2 Å². The van der Waals surface area contributed by atoms with Crippen LogP contribution in [0.5, 0.6) is 0 Å². The van der Waals surface area contributed by atoms with Crippen LogP contribution in [0.15, 0.2) is 29.7 Å². The Bertz CT molecular complexity index is 961. The summed E-state index contributed by atoms with van der Waals surface area (Å²) in [5.74, 6) is 0.491. The molecular formula is C18H19N5O2S. The van der Waals surface area contributed by atoms with Crippen molar-refractivity contribution in [2.24, 2.45) is 0 Å². The lowest BCUT2D eigenvalue weighted by atomic mass is 10.0. The summed E-state index contributed by atoms with van der Waals surface area (Å²) in [5, 5.41) is 7.14. The van der Waals surface area contributed by atoms with E-state index in [-0.39, 0.29) is 11.6 Å². The van der Waals surface area contributed by atoms with Crippen molar-refractivity contribution >= 4 is 23.3 Å². The molecule has 0 radical (unpaired) electrons. The molecule has 26 heavy (non-hydrogen) atoms. The third-order valence-corrected chi connectivity index (χ3v) is 5.07. The summed E-state index contributed by atoms with van der Waals surface area (Å²) in [5.41, 5.74) is 3.34. The van der Waals surface area contributed by atoms with Crippen molar-refractivity contribution in [2.75, 3.05) is 0 Å². The zero-order chi connectivity index (χ0) is 18.8. The molecule has 3 rings (SSSR count). The summed E-state index contributed by atoms with van der Waals surface area (Å²) in [6.45, 7) is 6.90. The number of hydrogen-bond donors (Lipinski definition) is 2. The highest BCUT2D eigenvalue weighted by molar-refractivity contribution is 8.00. The van der Waals surface area contributed by atoms with Gasteiger partial charge >= 0.3 is 0 Å². The van der Waals surface area contributed by atoms with Gasteiger partial charge in [-0.3, -0.25) is 19.7 Å². The minimum atomic E-state index is -0.396. The van der Waals surface area contributed by atoms with Crippen LogP contribution in [0.2, 0.25) is 0 Å². The lowest BCUT2D eigenvalue weighted by Gasteiger charge is -2.07. The van der Waals surface area contributed by atoms with Gasteiger partial charge in [-0.25, -0.2) is 4.98 Å². The summed E-state index contributed by atoms with van der Waals surface area (Å²) in [6, 6.07) is 3.66. The highest BCUT2D eigenvalue weighted by atomic mass is 32.2. The van der Waals surface area contributed by atoms with Gasteiger partial charge in [0, 0.05) is 29.2 Å². The second-order valence-corrected chi connectivity index (χ2v) is 7.32. The average molecular weight is 369 g/mol. The van der Waals surface area contributed by atoms with E-state index in [9.17, 15) is 9.59 Å². The van der Waals surface area contributed by atoms with Crippen molar-refractivity contribution in [2.45, 2.75) is 38.1 Å². The van der Waals surface area contributed by atoms with Gasteiger partial charge < -0.3 is 4.98 Å². The van der Waals surface area contributed by atoms with Gasteiger partial charge in [0.1, 0.15) is 0 Å². The van der Waals surface area contributed by atoms with Crippen LogP contribution < -0.4 is 0 Å². The van der Waals surface area contributed by atoms with Crippen LogP contribution in [0.1, 0.15) is 46.0 Å². The van der Waals surface area contributed by atoms with Crippen molar-refractivity contribution in [3.05, 3.63) is 47.0 Å². The predicted molar refractivity (Wildman–Crippen MR) is 99.5 cm³/mol. The van der Waals surface area contributed by atoms with Gasteiger partial charge in [0.25, 0.3) is 0 Å². The number of rotatable bonds is 6. The molecule has 0 aromatic carbocycles. The van der Waals surface area contributed by atoms with Crippen LogP contribution in [-0.4, -0.2) is 42.0 Å². The molecule has 3 aromatic rings. The van der Waals surface area contributed by atoms with Crippen LogP contribution in [0.4, 0.5) is 0 Å². The summed E-state index contributed by atoms with van der Waals surface area (Å²) >= 11 is 1.27. The smallest absolute Gasteiger partial charge is 0.209 e. The Morgan fingerprint density at radius 2 is 1.88 bits per heavy atom. The molecule has 0 spiro atoms. The van der Waals surface area contributed by atoms with E-state index < -0.39 is 5.25 Å². The van der Waals surface area contributed by atoms with Crippen molar-refractivity contribution in [1.82, 2.24) is 25.1 Å². The molecule has 134 valence electrons. The third kappa shape index (κ3) is 3.45. The summed E-state index contributed by atoms with van der Waals surface area (Å²) in [4.78, 5) is 36.0. The van der Waals surface area contributed by atoms with Crippen LogP contribution in [0.3, 0.4) is 0 Å². The molecule has 0 unspecified atom stereocenters. The van der Waals surface area contributed by atoms with E-state index >= 15 is 0 Å². The van der Waals surface area contributed by atoms with Crippen LogP contribution >= 0.6 is 11.8 Å². The van der Waals surface area contributed by atoms with Crippen LogP contribution in [-0.2, 0) is 0 Å². The zero-order valence-electron chi connectivity index (χ0n) is 15.0. The number of thioether (sulfide) groups is 1. The molecule has 0 aliphatic carbocycles. The number of aryl methyl sites for hydroxylation is 1. The maximum atomic E-state index is 12.8. The monoisotopic (exact) mass is 369 g/mol. The Labute approximate surface area is 155 Å². The highest BCUT2D eigenvalue weighted by Gasteiger charge is 2.25. The SMILES string of the molecule is CC(=O)c1c(C)[nH]c(C(=O)[C@H](C)Sc2n[nH]c(-c3ccncc3)n2)c1C. The van der Waals surface area contributed by atoms with Crippen molar-refractivity contribution in [3.63, 3.8) is 0 Å². The Hall–Kier alpha value is -2.74. The molecule has 0 fully saturated rings. The summed E-state index contributed by atoms with van der Waals surface area (Å²) in [6.07, 6.45) is 3.36. The zero-order valence-corrected chi connectivity index (χ0v) is 15.8. The molecule has 3 heterocycles. The number of carbonyl (C=O) groups is 2. The second-order valence-electron chi connectivity index (χ2n) is 6.01. The quantitative estimate of drug-likeness (QED) is 0.510. The fraction of sp³-hybridized carbons (Fsp3) is 0.278. The van der Waals surface area contributed by atoms with E-state index in [2.05, 4.69) is 25.1 Å². The molecular weight excluding hydrogens is 350 g/mol. The molecule has 2 N–H and O–H groups in total. The first kappa shape index (κ1) is 18.1. The molecule has 7 nitrogen and oxygen atoms in total. The summed E-state index contributed by atoms with van der Waals surface area (Å²) in [7, 11) is 0. The Kier molecular flexibility index (Phi) is 5.03.